The van der Waals surface area contributed by atoms with Crippen LogP contribution >= 0.6 is 0 Å². The fourth-order valence-corrected chi connectivity index (χ4v) is 3.44. The quantitative estimate of drug-likeness (QED) is 0.404. The molecule has 0 radical (unpaired) electrons. The van der Waals surface area contributed by atoms with Crippen molar-refractivity contribution in [3.63, 3.8) is 0 Å². The highest BCUT2D eigenvalue weighted by Crippen LogP contribution is 2.42. The van der Waals surface area contributed by atoms with E-state index in [4.69, 9.17) is 0 Å². The number of rotatable bonds is 3. The normalized spacial score (nSPS) is 18.3. The molecule has 4 nitrogen and oxygen atoms in total. The summed E-state index contributed by atoms with van der Waals surface area (Å²) in [4.78, 5) is 26.9. The van der Waals surface area contributed by atoms with E-state index < -0.39 is 35.1 Å². The Morgan fingerprint density at radius 1 is 0.828 bits per heavy atom. The lowest BCUT2D eigenvalue weighted by Gasteiger charge is -2.25. The number of nitrogens with zero attached hydrogens (tertiary/aromatic N) is 1. The molecule has 0 aliphatic carbocycles. The highest BCUT2D eigenvalue weighted by Gasteiger charge is 2.47. The van der Waals surface area contributed by atoms with E-state index in [0.717, 1.165) is 12.1 Å². The number of aliphatic hydroxyl groups excluding tert-OH is 1. The number of hydrogen-bond donors (Lipinski definition) is 1. The molecule has 0 aromatic heterocycles. The fraction of sp³-hybridized carbons (Fsp3) is 0.0435. The van der Waals surface area contributed by atoms with Gasteiger partial charge in [-0.15, -0.1) is 0 Å². The predicted octanol–water partition coefficient (Wildman–Crippen LogP) is 4.59. The molecule has 29 heavy (non-hydrogen) atoms. The topological polar surface area (TPSA) is 57.6 Å². The molecule has 3 aromatic rings. The zero-order valence-corrected chi connectivity index (χ0v) is 15.0. The number of Topliss-reactive ketones (excluding diaryl/α,β-unsaturated/α-hetero) is 1. The van der Waals surface area contributed by atoms with Crippen LogP contribution in [0, 0.1) is 11.6 Å². The zero-order valence-electron chi connectivity index (χ0n) is 15.0. The Kier molecular flexibility index (Phi) is 4.68. The van der Waals surface area contributed by atoms with Crippen molar-refractivity contribution in [2.45, 2.75) is 6.04 Å². The third-order valence-electron chi connectivity index (χ3n) is 4.76. The summed E-state index contributed by atoms with van der Waals surface area (Å²) in [6.45, 7) is 0. The van der Waals surface area contributed by atoms with Crippen LogP contribution in [0.4, 0.5) is 14.5 Å². The summed E-state index contributed by atoms with van der Waals surface area (Å²) in [5.41, 5.74) is 0.758. The standard InChI is InChI=1S/C23H15F2NO3/c24-16-11-9-14(10-12-16)21(27)19-20(15-5-4-6-17(25)13-15)26(23(29)22(19)28)18-7-2-1-3-8-18/h1-13,20,27H/b21-19+/t20-/m1/s1. The zero-order chi connectivity index (χ0) is 20.5. The number of carbonyl (C=O) groups is 2. The summed E-state index contributed by atoms with van der Waals surface area (Å²) in [6, 6.07) is 17.8. The van der Waals surface area contributed by atoms with Gasteiger partial charge >= 0.3 is 0 Å². The van der Waals surface area contributed by atoms with Crippen LogP contribution in [0.2, 0.25) is 0 Å². The Hall–Kier alpha value is -3.80. The van der Waals surface area contributed by atoms with Gasteiger partial charge in [0.1, 0.15) is 17.4 Å². The minimum Gasteiger partial charge on any atom is -0.507 e. The fourth-order valence-electron chi connectivity index (χ4n) is 3.44. The lowest BCUT2D eigenvalue weighted by Crippen LogP contribution is -2.29. The lowest BCUT2D eigenvalue weighted by atomic mass is 9.95. The van der Waals surface area contributed by atoms with E-state index in [-0.39, 0.29) is 11.1 Å². The molecule has 0 spiro atoms. The van der Waals surface area contributed by atoms with Crippen LogP contribution in [0.5, 0.6) is 0 Å². The second-order valence-corrected chi connectivity index (χ2v) is 6.57. The molecule has 1 saturated heterocycles. The van der Waals surface area contributed by atoms with Crippen molar-refractivity contribution >= 4 is 23.1 Å². The highest BCUT2D eigenvalue weighted by atomic mass is 19.1. The number of para-hydroxylation sites is 1. The number of ketones is 1. The smallest absolute Gasteiger partial charge is 0.300 e. The van der Waals surface area contributed by atoms with Crippen molar-refractivity contribution in [3.05, 3.63) is 107 Å². The van der Waals surface area contributed by atoms with E-state index in [9.17, 15) is 23.5 Å². The minimum absolute atomic E-state index is 0.180. The summed E-state index contributed by atoms with van der Waals surface area (Å²) < 4.78 is 27.2. The van der Waals surface area contributed by atoms with Gasteiger partial charge in [0.05, 0.1) is 11.6 Å². The van der Waals surface area contributed by atoms with E-state index in [2.05, 4.69) is 0 Å². The third-order valence-corrected chi connectivity index (χ3v) is 4.76. The van der Waals surface area contributed by atoms with E-state index in [0.29, 0.717) is 11.3 Å². The number of halogens is 2. The number of carbonyl (C=O) groups excluding carboxylic acids is 2. The number of anilines is 1. The van der Waals surface area contributed by atoms with Gasteiger partial charge in [-0.1, -0.05) is 30.3 Å². The Labute approximate surface area is 165 Å². The van der Waals surface area contributed by atoms with Gasteiger partial charge in [-0.05, 0) is 54.1 Å². The van der Waals surface area contributed by atoms with Gasteiger partial charge in [0.2, 0.25) is 0 Å². The van der Waals surface area contributed by atoms with E-state index in [1.54, 1.807) is 36.4 Å². The van der Waals surface area contributed by atoms with Crippen molar-refractivity contribution in [1.29, 1.82) is 0 Å². The van der Waals surface area contributed by atoms with Gasteiger partial charge < -0.3 is 5.11 Å². The van der Waals surface area contributed by atoms with Crippen LogP contribution < -0.4 is 4.90 Å². The van der Waals surface area contributed by atoms with Crippen LogP contribution in [-0.4, -0.2) is 16.8 Å². The Balaban J connectivity index is 1.95. The summed E-state index contributed by atoms with van der Waals surface area (Å²) >= 11 is 0. The van der Waals surface area contributed by atoms with Crippen molar-refractivity contribution in [2.24, 2.45) is 0 Å². The van der Waals surface area contributed by atoms with E-state index in [1.165, 1.54) is 35.2 Å². The second-order valence-electron chi connectivity index (χ2n) is 6.57. The van der Waals surface area contributed by atoms with Crippen molar-refractivity contribution < 1.29 is 23.5 Å². The molecule has 0 saturated carbocycles. The van der Waals surface area contributed by atoms with Gasteiger partial charge in [0.15, 0.2) is 0 Å². The molecule has 1 atom stereocenters. The minimum atomic E-state index is -1.03. The largest absolute Gasteiger partial charge is 0.507 e. The SMILES string of the molecule is O=C1C(=O)N(c2ccccc2)[C@H](c2cccc(F)c2)/C1=C(\O)c1ccc(F)cc1. The molecule has 0 bridgehead atoms. The van der Waals surface area contributed by atoms with E-state index >= 15 is 0 Å². The highest BCUT2D eigenvalue weighted by molar-refractivity contribution is 6.51. The van der Waals surface area contributed by atoms with Gasteiger partial charge in [-0.2, -0.15) is 0 Å². The van der Waals surface area contributed by atoms with Crippen LogP contribution in [-0.2, 0) is 9.59 Å². The second kappa shape index (κ2) is 7.31. The van der Waals surface area contributed by atoms with Gasteiger partial charge in [0, 0.05) is 11.3 Å². The molecule has 1 aliphatic rings. The van der Waals surface area contributed by atoms with Crippen LogP contribution in [0.1, 0.15) is 17.2 Å². The third kappa shape index (κ3) is 3.29. The molecule has 1 amide bonds. The molecule has 1 N–H and O–H groups in total. The van der Waals surface area contributed by atoms with Crippen molar-refractivity contribution in [1.82, 2.24) is 0 Å². The monoisotopic (exact) mass is 391 g/mol. The lowest BCUT2D eigenvalue weighted by molar-refractivity contribution is -0.132. The molecule has 0 unspecified atom stereocenters. The summed E-state index contributed by atoms with van der Waals surface area (Å²) in [5.74, 6) is -3.23. The molecular formula is C23H15F2NO3. The first-order valence-electron chi connectivity index (χ1n) is 8.85. The van der Waals surface area contributed by atoms with Crippen molar-refractivity contribution in [2.75, 3.05) is 4.90 Å². The summed E-state index contributed by atoms with van der Waals surface area (Å²) in [5, 5.41) is 10.8. The molecule has 1 fully saturated rings. The molecule has 144 valence electrons. The summed E-state index contributed by atoms with van der Waals surface area (Å²) in [7, 11) is 0. The van der Waals surface area contributed by atoms with Gasteiger partial charge in [0.25, 0.3) is 11.7 Å². The number of aliphatic hydroxyl groups is 1. The van der Waals surface area contributed by atoms with Crippen LogP contribution in [0.3, 0.4) is 0 Å². The molecule has 1 heterocycles. The first-order valence-corrected chi connectivity index (χ1v) is 8.85. The Bertz CT molecular complexity index is 1120. The number of amides is 1. The number of hydrogen-bond acceptors (Lipinski definition) is 3. The van der Waals surface area contributed by atoms with Crippen molar-refractivity contribution in [3.8, 4) is 0 Å². The molecular weight excluding hydrogens is 376 g/mol. The Morgan fingerprint density at radius 3 is 2.17 bits per heavy atom. The maximum Gasteiger partial charge on any atom is 0.300 e. The average Bonchev–Trinajstić information content (AvgIpc) is 2.99. The number of benzene rings is 3. The first-order chi connectivity index (χ1) is 14.0. The van der Waals surface area contributed by atoms with E-state index in [1.807, 2.05) is 0 Å². The molecule has 1 aliphatic heterocycles. The maximum absolute atomic E-state index is 13.9. The molecule has 3 aromatic carbocycles. The van der Waals surface area contributed by atoms with Gasteiger partial charge in [-0.3, -0.25) is 14.5 Å². The van der Waals surface area contributed by atoms with Crippen LogP contribution in [0.15, 0.2) is 84.4 Å². The Morgan fingerprint density at radius 2 is 1.52 bits per heavy atom. The van der Waals surface area contributed by atoms with Gasteiger partial charge in [-0.25, -0.2) is 8.78 Å². The molecule has 4 rings (SSSR count). The average molecular weight is 391 g/mol. The summed E-state index contributed by atoms with van der Waals surface area (Å²) in [6.07, 6.45) is 0. The predicted molar refractivity (Wildman–Crippen MR) is 104 cm³/mol. The first kappa shape index (κ1) is 18.6. The molecule has 6 heteroatoms. The van der Waals surface area contributed by atoms with Crippen LogP contribution in [0.25, 0.3) is 5.76 Å². The maximum atomic E-state index is 13.9.